The molecule has 1 aliphatic rings. The van der Waals surface area contributed by atoms with Crippen molar-refractivity contribution >= 4 is 11.6 Å². The molecule has 0 fully saturated rings. The molecule has 0 saturated heterocycles. The fourth-order valence-corrected chi connectivity index (χ4v) is 3.41. The molecule has 4 rings (SSSR count). The molecule has 126 valence electrons. The molecular weight excluding hydrogens is 332 g/mol. The van der Waals surface area contributed by atoms with Gasteiger partial charge in [-0.05, 0) is 28.8 Å². The van der Waals surface area contributed by atoms with Gasteiger partial charge < -0.3 is 4.74 Å². The fraction of sp³-hybridized carbons (Fsp3) is 0.190. The van der Waals surface area contributed by atoms with E-state index < -0.39 is 0 Å². The van der Waals surface area contributed by atoms with Gasteiger partial charge in [-0.25, -0.2) is 4.98 Å². The minimum Gasteiger partial charge on any atom is -0.476 e. The molecule has 1 aromatic heterocycles. The lowest BCUT2D eigenvalue weighted by Crippen LogP contribution is -2.25. The van der Waals surface area contributed by atoms with E-state index in [1.807, 2.05) is 30.5 Å². The van der Waals surface area contributed by atoms with Crippen molar-refractivity contribution in [3.63, 3.8) is 0 Å². The molecule has 0 spiro atoms. The molecule has 3 aromatic rings. The van der Waals surface area contributed by atoms with Crippen LogP contribution >= 0.6 is 11.6 Å². The van der Waals surface area contributed by atoms with Crippen LogP contribution in [0.15, 0.2) is 66.9 Å². The highest BCUT2D eigenvalue weighted by Crippen LogP contribution is 2.32. The quantitative estimate of drug-likeness (QED) is 0.678. The monoisotopic (exact) mass is 350 g/mol. The van der Waals surface area contributed by atoms with Gasteiger partial charge in [0.15, 0.2) is 0 Å². The first-order valence-electron chi connectivity index (χ1n) is 8.43. The lowest BCUT2D eigenvalue weighted by molar-refractivity contribution is 0.217. The Labute approximate surface area is 152 Å². The third kappa shape index (κ3) is 3.53. The molecule has 0 radical (unpaired) electrons. The van der Waals surface area contributed by atoms with E-state index in [0.717, 1.165) is 41.7 Å². The highest BCUT2D eigenvalue weighted by Gasteiger charge is 2.20. The van der Waals surface area contributed by atoms with Gasteiger partial charge >= 0.3 is 0 Å². The maximum atomic E-state index is 6.34. The summed E-state index contributed by atoms with van der Waals surface area (Å²) < 4.78 is 5.92. The number of aromatic nitrogens is 1. The van der Waals surface area contributed by atoms with Gasteiger partial charge in [0, 0.05) is 36.4 Å². The van der Waals surface area contributed by atoms with Crippen LogP contribution in [-0.2, 0) is 13.1 Å². The minimum atomic E-state index is 0.628. The van der Waals surface area contributed by atoms with Crippen molar-refractivity contribution in [2.45, 2.75) is 13.1 Å². The van der Waals surface area contributed by atoms with E-state index in [9.17, 15) is 0 Å². The fourth-order valence-electron chi connectivity index (χ4n) is 3.22. The molecule has 4 heteroatoms. The van der Waals surface area contributed by atoms with E-state index in [1.54, 1.807) is 0 Å². The Kier molecular flexibility index (Phi) is 4.68. The van der Waals surface area contributed by atoms with Gasteiger partial charge in [-0.2, -0.15) is 0 Å². The Hall–Kier alpha value is -2.36. The summed E-state index contributed by atoms with van der Waals surface area (Å²) in [6.07, 6.45) is 1.82. The van der Waals surface area contributed by atoms with Crippen LogP contribution in [0.5, 0.6) is 5.88 Å². The van der Waals surface area contributed by atoms with Crippen molar-refractivity contribution in [1.29, 1.82) is 0 Å². The van der Waals surface area contributed by atoms with Gasteiger partial charge in [0.2, 0.25) is 5.88 Å². The highest BCUT2D eigenvalue weighted by molar-refractivity contribution is 6.31. The summed E-state index contributed by atoms with van der Waals surface area (Å²) in [5.74, 6) is 0.739. The van der Waals surface area contributed by atoms with Crippen LogP contribution in [0.2, 0.25) is 5.02 Å². The van der Waals surface area contributed by atoms with Crippen molar-refractivity contribution in [1.82, 2.24) is 9.88 Å². The Morgan fingerprint density at radius 1 is 1.00 bits per heavy atom. The molecular formula is C21H19ClN2O. The first-order chi connectivity index (χ1) is 12.3. The first-order valence-corrected chi connectivity index (χ1v) is 8.81. The number of hydrogen-bond donors (Lipinski definition) is 0. The van der Waals surface area contributed by atoms with E-state index in [-0.39, 0.29) is 0 Å². The van der Waals surface area contributed by atoms with Gasteiger partial charge in [0.05, 0.1) is 0 Å². The van der Waals surface area contributed by atoms with Crippen molar-refractivity contribution in [3.05, 3.63) is 83.0 Å². The summed E-state index contributed by atoms with van der Waals surface area (Å²) in [5.41, 5.74) is 4.64. The molecule has 0 unspecified atom stereocenters. The summed E-state index contributed by atoms with van der Waals surface area (Å²) in [5, 5.41) is 0.808. The summed E-state index contributed by atoms with van der Waals surface area (Å²) >= 11 is 6.34. The Morgan fingerprint density at radius 2 is 1.80 bits per heavy atom. The van der Waals surface area contributed by atoms with Crippen molar-refractivity contribution in [3.8, 4) is 17.0 Å². The van der Waals surface area contributed by atoms with Gasteiger partial charge in [-0.1, -0.05) is 60.1 Å². The number of nitrogens with zero attached hydrogens (tertiary/aromatic N) is 2. The molecule has 1 aliphatic heterocycles. The summed E-state index contributed by atoms with van der Waals surface area (Å²) in [7, 11) is 0. The average molecular weight is 351 g/mol. The molecule has 3 nitrogen and oxygen atoms in total. The lowest BCUT2D eigenvalue weighted by Gasteiger charge is -2.21. The molecule has 25 heavy (non-hydrogen) atoms. The summed E-state index contributed by atoms with van der Waals surface area (Å²) in [4.78, 5) is 6.81. The number of hydrogen-bond acceptors (Lipinski definition) is 3. The molecule has 2 heterocycles. The second-order valence-corrected chi connectivity index (χ2v) is 6.57. The molecule has 0 bridgehead atoms. The molecule has 0 aliphatic carbocycles. The molecule has 0 N–H and O–H groups in total. The van der Waals surface area contributed by atoms with Crippen LogP contribution in [0.1, 0.15) is 11.1 Å². The average Bonchev–Trinajstić information content (AvgIpc) is 2.86. The van der Waals surface area contributed by atoms with Crippen LogP contribution in [0.4, 0.5) is 0 Å². The predicted molar refractivity (Wildman–Crippen MR) is 101 cm³/mol. The topological polar surface area (TPSA) is 25.4 Å². The van der Waals surface area contributed by atoms with E-state index in [2.05, 4.69) is 46.3 Å². The maximum Gasteiger partial charge on any atom is 0.218 e. The summed E-state index contributed by atoms with van der Waals surface area (Å²) in [6.45, 7) is 3.06. The predicted octanol–water partition coefficient (Wildman–Crippen LogP) is 4.80. The highest BCUT2D eigenvalue weighted by atomic mass is 35.5. The minimum absolute atomic E-state index is 0.628. The Morgan fingerprint density at radius 3 is 2.64 bits per heavy atom. The number of ether oxygens (including phenoxy) is 1. The third-order valence-electron chi connectivity index (χ3n) is 4.48. The van der Waals surface area contributed by atoms with E-state index >= 15 is 0 Å². The molecule has 2 aromatic carbocycles. The third-order valence-corrected chi connectivity index (χ3v) is 4.85. The van der Waals surface area contributed by atoms with Gasteiger partial charge in [-0.3, -0.25) is 4.90 Å². The molecule has 0 atom stereocenters. The van der Waals surface area contributed by atoms with Gasteiger partial charge in [0.25, 0.3) is 0 Å². The Bertz CT molecular complexity index is 867. The van der Waals surface area contributed by atoms with Gasteiger partial charge in [-0.15, -0.1) is 0 Å². The first kappa shape index (κ1) is 16.1. The van der Waals surface area contributed by atoms with Crippen LogP contribution < -0.4 is 4.74 Å². The van der Waals surface area contributed by atoms with Gasteiger partial charge in [0.1, 0.15) is 6.61 Å². The lowest BCUT2D eigenvalue weighted by atomic mass is 10.0. The van der Waals surface area contributed by atoms with E-state index in [4.69, 9.17) is 16.3 Å². The van der Waals surface area contributed by atoms with Crippen LogP contribution in [0, 0.1) is 0 Å². The number of rotatable bonds is 3. The number of fused-ring (bicyclic) bond motifs is 1. The smallest absolute Gasteiger partial charge is 0.218 e. The van der Waals surface area contributed by atoms with E-state index in [1.165, 1.54) is 11.1 Å². The maximum absolute atomic E-state index is 6.34. The van der Waals surface area contributed by atoms with Crippen molar-refractivity contribution < 1.29 is 4.74 Å². The van der Waals surface area contributed by atoms with Crippen LogP contribution in [-0.4, -0.2) is 23.0 Å². The van der Waals surface area contributed by atoms with Crippen LogP contribution in [0.25, 0.3) is 11.1 Å². The second-order valence-electron chi connectivity index (χ2n) is 6.16. The SMILES string of the molecule is Clc1ccccc1CN1CCOc2nccc(-c3ccccc3)c2C1. The second kappa shape index (κ2) is 7.26. The number of halogens is 1. The largest absolute Gasteiger partial charge is 0.476 e. The summed E-state index contributed by atoms with van der Waals surface area (Å²) in [6, 6.07) is 20.5. The van der Waals surface area contributed by atoms with Crippen molar-refractivity contribution in [2.24, 2.45) is 0 Å². The zero-order valence-electron chi connectivity index (χ0n) is 13.9. The van der Waals surface area contributed by atoms with E-state index in [0.29, 0.717) is 6.61 Å². The van der Waals surface area contributed by atoms with Crippen molar-refractivity contribution in [2.75, 3.05) is 13.2 Å². The molecule has 0 amide bonds. The zero-order valence-corrected chi connectivity index (χ0v) is 14.6. The standard InChI is InChI=1S/C21H19ClN2O/c22-20-9-5-4-8-17(20)14-24-12-13-25-21-19(15-24)18(10-11-23-21)16-6-2-1-3-7-16/h1-11H,12-15H2. The molecule has 0 saturated carbocycles. The number of benzene rings is 2. The van der Waals surface area contributed by atoms with Crippen LogP contribution in [0.3, 0.4) is 0 Å². The Balaban J connectivity index is 1.67. The number of pyridine rings is 1. The zero-order chi connectivity index (χ0) is 17.1. The normalized spacial score (nSPS) is 14.4.